The van der Waals surface area contributed by atoms with Crippen LogP contribution in [-0.2, 0) is 7.05 Å². The van der Waals surface area contributed by atoms with E-state index in [1.807, 2.05) is 25.2 Å². The van der Waals surface area contributed by atoms with Crippen LogP contribution in [0.5, 0.6) is 5.75 Å². The zero-order valence-electron chi connectivity index (χ0n) is 10.2. The maximum Gasteiger partial charge on any atom is 0.146 e. The molecule has 18 heavy (non-hydrogen) atoms. The maximum absolute atomic E-state index is 5.72. The van der Waals surface area contributed by atoms with Crippen molar-refractivity contribution in [1.82, 2.24) is 9.78 Å². The molecule has 3 aromatic rings. The minimum atomic E-state index is 0.539. The fourth-order valence-electron chi connectivity index (χ4n) is 2.06. The number of nitrogens with zero attached hydrogens (tertiary/aromatic N) is 2. The van der Waals surface area contributed by atoms with E-state index in [0.29, 0.717) is 5.82 Å². The van der Waals surface area contributed by atoms with Gasteiger partial charge in [0.05, 0.1) is 17.7 Å². The van der Waals surface area contributed by atoms with Crippen molar-refractivity contribution in [3.8, 4) is 16.3 Å². The first-order valence-corrected chi connectivity index (χ1v) is 6.37. The van der Waals surface area contributed by atoms with Gasteiger partial charge >= 0.3 is 0 Å². The van der Waals surface area contributed by atoms with Crippen molar-refractivity contribution in [3.05, 3.63) is 30.3 Å². The molecule has 92 valence electrons. The normalized spacial score (nSPS) is 11.0. The number of hydrogen-bond acceptors (Lipinski definition) is 4. The van der Waals surface area contributed by atoms with Gasteiger partial charge in [-0.1, -0.05) is 6.07 Å². The van der Waals surface area contributed by atoms with E-state index in [2.05, 4.69) is 17.2 Å². The quantitative estimate of drug-likeness (QED) is 0.770. The molecule has 0 atom stereocenters. The fraction of sp³-hybridized carbons (Fsp3) is 0.154. The third kappa shape index (κ3) is 1.64. The second kappa shape index (κ2) is 4.03. The van der Waals surface area contributed by atoms with Crippen LogP contribution in [0, 0.1) is 0 Å². The number of nitrogen functional groups attached to an aromatic ring is 1. The van der Waals surface area contributed by atoms with E-state index in [-0.39, 0.29) is 0 Å². The summed E-state index contributed by atoms with van der Waals surface area (Å²) in [5.74, 6) is 1.43. The Hall–Kier alpha value is -2.01. The molecular weight excluding hydrogens is 246 g/mol. The number of thiophene rings is 1. The third-order valence-electron chi connectivity index (χ3n) is 2.89. The van der Waals surface area contributed by atoms with Crippen LogP contribution in [0.2, 0.25) is 0 Å². The number of fused-ring (bicyclic) bond motifs is 1. The average molecular weight is 259 g/mol. The zero-order chi connectivity index (χ0) is 12.7. The van der Waals surface area contributed by atoms with Crippen molar-refractivity contribution >= 4 is 27.2 Å². The van der Waals surface area contributed by atoms with Gasteiger partial charge < -0.3 is 10.5 Å². The summed E-state index contributed by atoms with van der Waals surface area (Å²) in [6.45, 7) is 0. The predicted molar refractivity (Wildman–Crippen MR) is 75.0 cm³/mol. The highest BCUT2D eigenvalue weighted by atomic mass is 32.1. The van der Waals surface area contributed by atoms with Crippen LogP contribution in [-0.4, -0.2) is 16.9 Å². The summed E-state index contributed by atoms with van der Waals surface area (Å²) in [5.41, 5.74) is 6.74. The summed E-state index contributed by atoms with van der Waals surface area (Å²) in [5, 5.41) is 5.29. The molecule has 0 aliphatic rings. The van der Waals surface area contributed by atoms with Gasteiger partial charge in [-0.15, -0.1) is 11.3 Å². The van der Waals surface area contributed by atoms with E-state index in [1.54, 1.807) is 23.1 Å². The molecule has 2 N–H and O–H groups in total. The number of hydrogen-bond donors (Lipinski definition) is 1. The van der Waals surface area contributed by atoms with Gasteiger partial charge in [0.15, 0.2) is 0 Å². The van der Waals surface area contributed by atoms with Crippen LogP contribution >= 0.6 is 11.3 Å². The fourth-order valence-corrected chi connectivity index (χ4v) is 3.18. The molecule has 5 heteroatoms. The first-order valence-electron chi connectivity index (χ1n) is 5.55. The van der Waals surface area contributed by atoms with E-state index in [0.717, 1.165) is 21.7 Å². The first kappa shape index (κ1) is 11.1. The van der Waals surface area contributed by atoms with Crippen LogP contribution in [0.4, 0.5) is 5.82 Å². The van der Waals surface area contributed by atoms with E-state index in [4.69, 9.17) is 10.5 Å². The molecule has 0 spiro atoms. The Balaban J connectivity index is 2.22. The number of anilines is 1. The van der Waals surface area contributed by atoms with E-state index in [9.17, 15) is 0 Å². The lowest BCUT2D eigenvalue weighted by molar-refractivity contribution is 0.420. The highest BCUT2D eigenvalue weighted by Crippen LogP contribution is 2.37. The summed E-state index contributed by atoms with van der Waals surface area (Å²) in [7, 11) is 3.58. The molecule has 4 nitrogen and oxygen atoms in total. The Labute approximate surface area is 109 Å². The van der Waals surface area contributed by atoms with Gasteiger partial charge in [0.25, 0.3) is 0 Å². The predicted octanol–water partition coefficient (Wildman–Crippen LogP) is 2.89. The van der Waals surface area contributed by atoms with E-state index in [1.165, 1.54) is 4.70 Å². The SMILES string of the molecule is COc1cccc2sc(-c3cc(N)nn3C)cc12. The monoisotopic (exact) mass is 259 g/mol. The number of nitrogens with two attached hydrogens (primary N) is 1. The molecule has 0 unspecified atom stereocenters. The van der Waals surface area contributed by atoms with Gasteiger partial charge in [0.2, 0.25) is 0 Å². The molecule has 3 rings (SSSR count). The summed E-state index contributed by atoms with van der Waals surface area (Å²) < 4.78 is 8.37. The molecule has 2 aromatic heterocycles. The number of aromatic nitrogens is 2. The molecule has 0 fully saturated rings. The molecule has 0 aliphatic heterocycles. The van der Waals surface area contributed by atoms with Crippen LogP contribution < -0.4 is 10.5 Å². The van der Waals surface area contributed by atoms with Crippen molar-refractivity contribution in [3.63, 3.8) is 0 Å². The van der Waals surface area contributed by atoms with Gasteiger partial charge in [-0.2, -0.15) is 5.10 Å². The van der Waals surface area contributed by atoms with E-state index >= 15 is 0 Å². The molecular formula is C13H13N3OS. The molecule has 2 heterocycles. The van der Waals surface area contributed by atoms with Gasteiger partial charge in [0, 0.05) is 23.2 Å². The lowest BCUT2D eigenvalue weighted by atomic mass is 10.2. The standard InChI is InChI=1S/C13H13N3OS/c1-16-9(7-13(14)15-16)12-6-8-10(17-2)4-3-5-11(8)18-12/h3-7H,1-2H3,(H2,14,15). The summed E-state index contributed by atoms with van der Waals surface area (Å²) in [4.78, 5) is 1.14. The smallest absolute Gasteiger partial charge is 0.146 e. The van der Waals surface area contributed by atoms with Crippen LogP contribution in [0.3, 0.4) is 0 Å². The van der Waals surface area contributed by atoms with Crippen molar-refractivity contribution in [2.24, 2.45) is 7.05 Å². The number of rotatable bonds is 2. The topological polar surface area (TPSA) is 53.1 Å². The number of methoxy groups -OCH3 is 1. The van der Waals surface area contributed by atoms with Gasteiger partial charge in [-0.3, -0.25) is 4.68 Å². The molecule has 0 aliphatic carbocycles. The maximum atomic E-state index is 5.72. The minimum absolute atomic E-state index is 0.539. The van der Waals surface area contributed by atoms with E-state index < -0.39 is 0 Å². The number of ether oxygens (including phenoxy) is 1. The third-order valence-corrected chi connectivity index (χ3v) is 4.02. The molecule has 1 aromatic carbocycles. The minimum Gasteiger partial charge on any atom is -0.496 e. The van der Waals surface area contributed by atoms with Crippen molar-refractivity contribution in [2.45, 2.75) is 0 Å². The van der Waals surface area contributed by atoms with Crippen LogP contribution in [0.15, 0.2) is 30.3 Å². The Morgan fingerprint density at radius 3 is 2.83 bits per heavy atom. The Bertz CT molecular complexity index is 714. The average Bonchev–Trinajstić information content (AvgIpc) is 2.91. The van der Waals surface area contributed by atoms with Gasteiger partial charge in [0.1, 0.15) is 11.6 Å². The number of aryl methyl sites for hydroxylation is 1. The number of benzene rings is 1. The second-order valence-corrected chi connectivity index (χ2v) is 5.14. The molecule has 0 amide bonds. The van der Waals surface area contributed by atoms with Crippen LogP contribution in [0.25, 0.3) is 20.7 Å². The Morgan fingerprint density at radius 1 is 1.33 bits per heavy atom. The summed E-state index contributed by atoms with van der Waals surface area (Å²) in [6, 6.07) is 10.1. The zero-order valence-corrected chi connectivity index (χ0v) is 11.0. The molecule has 0 radical (unpaired) electrons. The van der Waals surface area contributed by atoms with Gasteiger partial charge in [-0.25, -0.2) is 0 Å². The van der Waals surface area contributed by atoms with Crippen molar-refractivity contribution < 1.29 is 4.74 Å². The summed E-state index contributed by atoms with van der Waals surface area (Å²) in [6.07, 6.45) is 0. The lowest BCUT2D eigenvalue weighted by Crippen LogP contribution is -1.93. The highest BCUT2D eigenvalue weighted by Gasteiger charge is 2.11. The largest absolute Gasteiger partial charge is 0.496 e. The van der Waals surface area contributed by atoms with Crippen molar-refractivity contribution in [2.75, 3.05) is 12.8 Å². The lowest BCUT2D eigenvalue weighted by Gasteiger charge is -1.99. The Kier molecular flexibility index (Phi) is 2.48. The highest BCUT2D eigenvalue weighted by molar-refractivity contribution is 7.22. The summed E-state index contributed by atoms with van der Waals surface area (Å²) >= 11 is 1.71. The molecule has 0 saturated carbocycles. The first-order chi connectivity index (χ1) is 8.69. The van der Waals surface area contributed by atoms with Crippen molar-refractivity contribution in [1.29, 1.82) is 0 Å². The second-order valence-electron chi connectivity index (χ2n) is 4.06. The van der Waals surface area contributed by atoms with Gasteiger partial charge in [-0.05, 0) is 18.2 Å². The Morgan fingerprint density at radius 2 is 2.17 bits per heavy atom. The molecule has 0 bridgehead atoms. The van der Waals surface area contributed by atoms with Crippen LogP contribution in [0.1, 0.15) is 0 Å². The molecule has 0 saturated heterocycles.